The van der Waals surface area contributed by atoms with Crippen LogP contribution in [0.1, 0.15) is 34.3 Å². The molecular weight excluding hydrogens is 525 g/mol. The van der Waals surface area contributed by atoms with Gasteiger partial charge < -0.3 is 10.6 Å². The summed E-state index contributed by atoms with van der Waals surface area (Å²) in [6, 6.07) is 18.2. The van der Waals surface area contributed by atoms with Gasteiger partial charge >= 0.3 is 0 Å². The molecule has 3 aromatic rings. The Morgan fingerprint density at radius 2 is 1.39 bits per heavy atom. The molecule has 2 N–H and O–H groups in total. The summed E-state index contributed by atoms with van der Waals surface area (Å²) in [6.45, 7) is 1.50. The van der Waals surface area contributed by atoms with Gasteiger partial charge in [-0.1, -0.05) is 47.5 Å². The van der Waals surface area contributed by atoms with E-state index in [0.29, 0.717) is 16.5 Å². The van der Waals surface area contributed by atoms with Gasteiger partial charge in [-0.15, -0.1) is 0 Å². The second-order valence-electron chi connectivity index (χ2n) is 9.84. The molecule has 0 spiro atoms. The molecule has 0 radical (unpaired) electrons. The fourth-order valence-electron chi connectivity index (χ4n) is 5.65. The number of rotatable bonds is 8. The van der Waals surface area contributed by atoms with Gasteiger partial charge in [-0.05, 0) is 59.5 Å². The van der Waals surface area contributed by atoms with Gasteiger partial charge in [0.2, 0.25) is 0 Å². The van der Waals surface area contributed by atoms with Crippen LogP contribution in [0.2, 0.25) is 10.0 Å². The van der Waals surface area contributed by atoms with E-state index in [4.69, 9.17) is 23.2 Å². The molecule has 1 aliphatic carbocycles. The van der Waals surface area contributed by atoms with Crippen LogP contribution in [0, 0.1) is 17.6 Å². The summed E-state index contributed by atoms with van der Waals surface area (Å²) in [4.78, 5) is 0. The van der Waals surface area contributed by atoms with E-state index >= 15 is 0 Å². The molecule has 1 heterocycles. The molecule has 1 saturated carbocycles. The fourth-order valence-corrected chi connectivity index (χ4v) is 7.47. The smallest absolute Gasteiger partial charge is 0.154 e. The molecule has 2 fully saturated rings. The number of hydrogen-bond acceptors (Lipinski definition) is 4. The van der Waals surface area contributed by atoms with Crippen LogP contribution < -0.4 is 10.6 Å². The summed E-state index contributed by atoms with van der Waals surface area (Å²) in [7, 11) is -3.73. The van der Waals surface area contributed by atoms with Crippen LogP contribution in [-0.4, -0.2) is 39.3 Å². The van der Waals surface area contributed by atoms with Crippen molar-refractivity contribution < 1.29 is 17.2 Å². The highest BCUT2D eigenvalue weighted by atomic mass is 35.5. The minimum absolute atomic E-state index is 0.126. The van der Waals surface area contributed by atoms with Crippen molar-refractivity contribution in [2.75, 3.05) is 19.3 Å². The molecule has 0 bridgehead atoms. The summed E-state index contributed by atoms with van der Waals surface area (Å²) in [6.07, 6.45) is 1.64. The van der Waals surface area contributed by atoms with Crippen molar-refractivity contribution in [3.8, 4) is 0 Å². The van der Waals surface area contributed by atoms with Gasteiger partial charge in [-0.2, -0.15) is 0 Å². The lowest BCUT2D eigenvalue weighted by Gasteiger charge is -2.39. The second kappa shape index (κ2) is 9.69. The number of nitrogens with one attached hydrogen (secondary N) is 2. The maximum Gasteiger partial charge on any atom is 0.154 e. The summed E-state index contributed by atoms with van der Waals surface area (Å²) < 4.78 is 54.7. The minimum Gasteiger partial charge on any atom is -0.314 e. The highest BCUT2D eigenvalue weighted by Gasteiger charge is 2.65. The molecular formula is C27H26Cl2F2N2O2S. The number of benzene rings is 3. The average Bonchev–Trinajstić information content (AvgIpc) is 3.46. The van der Waals surface area contributed by atoms with Gasteiger partial charge in [-0.25, -0.2) is 17.2 Å². The van der Waals surface area contributed by atoms with Crippen LogP contribution in [0.5, 0.6) is 0 Å². The van der Waals surface area contributed by atoms with Crippen molar-refractivity contribution in [1.82, 2.24) is 10.6 Å². The third kappa shape index (κ3) is 5.04. The third-order valence-corrected chi connectivity index (χ3v) is 9.30. The Balaban J connectivity index is 1.66. The van der Waals surface area contributed by atoms with Gasteiger partial charge in [-0.3, -0.25) is 0 Å². The Hall–Kier alpha value is -2.03. The lowest BCUT2D eigenvalue weighted by atomic mass is 9.80. The summed E-state index contributed by atoms with van der Waals surface area (Å²) in [5.74, 6) is -2.27. The maximum atomic E-state index is 14.2. The average molecular weight is 551 g/mol. The van der Waals surface area contributed by atoms with Crippen LogP contribution in [0.3, 0.4) is 0 Å². The van der Waals surface area contributed by atoms with E-state index in [1.54, 1.807) is 0 Å². The normalized spacial score (nSPS) is 22.9. The molecule has 2 aliphatic rings. The van der Waals surface area contributed by atoms with Crippen LogP contribution in [0.4, 0.5) is 8.78 Å². The van der Waals surface area contributed by atoms with E-state index in [1.165, 1.54) is 0 Å². The van der Waals surface area contributed by atoms with Gasteiger partial charge in [0.15, 0.2) is 9.84 Å². The first-order chi connectivity index (χ1) is 17.1. The molecule has 9 heteroatoms. The molecule has 5 rings (SSSR count). The molecule has 3 unspecified atom stereocenters. The van der Waals surface area contributed by atoms with Crippen molar-refractivity contribution >= 4 is 33.0 Å². The Morgan fingerprint density at radius 3 is 1.81 bits per heavy atom. The zero-order chi connectivity index (χ0) is 25.7. The Morgan fingerprint density at radius 1 is 0.889 bits per heavy atom. The monoisotopic (exact) mass is 550 g/mol. The lowest BCUT2D eigenvalue weighted by Crippen LogP contribution is -2.60. The van der Waals surface area contributed by atoms with Crippen LogP contribution in [0.15, 0.2) is 66.7 Å². The summed E-state index contributed by atoms with van der Waals surface area (Å²) >= 11 is 12.4. The van der Waals surface area contributed by atoms with Crippen LogP contribution in [-0.2, 0) is 9.84 Å². The fraction of sp³-hybridized carbons (Fsp3) is 0.333. The largest absolute Gasteiger partial charge is 0.314 e. The first kappa shape index (κ1) is 25.6. The number of halogens is 4. The lowest BCUT2D eigenvalue weighted by molar-refractivity contribution is 0.285. The number of sulfone groups is 1. The van der Waals surface area contributed by atoms with E-state index in [1.807, 2.05) is 48.5 Å². The Kier molecular flexibility index (Phi) is 6.89. The van der Waals surface area contributed by atoms with Crippen molar-refractivity contribution in [2.24, 2.45) is 5.92 Å². The van der Waals surface area contributed by atoms with Gasteiger partial charge in [0.1, 0.15) is 11.6 Å². The van der Waals surface area contributed by atoms with E-state index in [0.717, 1.165) is 48.7 Å². The molecule has 0 aromatic heterocycles. The third-order valence-electron chi connectivity index (χ3n) is 7.28. The van der Waals surface area contributed by atoms with Gasteiger partial charge in [0.25, 0.3) is 0 Å². The van der Waals surface area contributed by atoms with E-state index < -0.39 is 38.2 Å². The van der Waals surface area contributed by atoms with Crippen molar-refractivity contribution in [3.63, 3.8) is 0 Å². The van der Waals surface area contributed by atoms with Gasteiger partial charge in [0, 0.05) is 58.9 Å². The molecule has 1 aliphatic heterocycles. The molecule has 4 nitrogen and oxygen atoms in total. The molecule has 1 saturated heterocycles. The van der Waals surface area contributed by atoms with E-state index in [-0.39, 0.29) is 17.5 Å². The zero-order valence-electron chi connectivity index (χ0n) is 19.5. The molecule has 3 atom stereocenters. The predicted octanol–water partition coefficient (Wildman–Crippen LogP) is 5.51. The molecule has 3 aromatic carbocycles. The quantitative estimate of drug-likeness (QED) is 0.388. The maximum absolute atomic E-state index is 14.2. The highest BCUT2D eigenvalue weighted by Crippen LogP contribution is 2.62. The SMILES string of the molecule is CS(=O)(=O)C(c1cc(F)cc(F)c1)C1CC1(NC1CNC1)C(c1ccc(Cl)cc1)c1ccc(Cl)cc1. The molecule has 0 amide bonds. The van der Waals surface area contributed by atoms with Crippen molar-refractivity contribution in [2.45, 2.75) is 29.2 Å². The van der Waals surface area contributed by atoms with E-state index in [2.05, 4.69) is 10.6 Å². The summed E-state index contributed by atoms with van der Waals surface area (Å²) in [5.41, 5.74) is 1.37. The molecule has 190 valence electrons. The standard InChI is InChI=1S/C27H26Cl2F2N2O2S/c1-36(34,35)26(18-10-21(30)12-22(31)11-18)24-13-27(24,33-23-14-32-15-23)25(16-2-6-19(28)7-3-16)17-4-8-20(29)9-5-17/h2-12,23-26,32-33H,13-15H2,1H3. The Labute approximate surface area is 219 Å². The van der Waals surface area contributed by atoms with Crippen LogP contribution in [0.25, 0.3) is 0 Å². The molecule has 36 heavy (non-hydrogen) atoms. The topological polar surface area (TPSA) is 58.2 Å². The number of hydrogen-bond donors (Lipinski definition) is 2. The second-order valence-corrected chi connectivity index (χ2v) is 12.9. The minimum atomic E-state index is -3.73. The Bertz CT molecular complexity index is 1300. The first-order valence-corrected chi connectivity index (χ1v) is 14.4. The first-order valence-electron chi connectivity index (χ1n) is 11.7. The van der Waals surface area contributed by atoms with Crippen LogP contribution >= 0.6 is 23.2 Å². The summed E-state index contributed by atoms with van der Waals surface area (Å²) in [5, 5.41) is 7.11. The van der Waals surface area contributed by atoms with Crippen molar-refractivity contribution in [3.05, 3.63) is 105 Å². The van der Waals surface area contributed by atoms with Gasteiger partial charge in [0.05, 0.1) is 5.25 Å². The highest BCUT2D eigenvalue weighted by molar-refractivity contribution is 7.91. The van der Waals surface area contributed by atoms with Crippen molar-refractivity contribution in [1.29, 1.82) is 0 Å². The van der Waals surface area contributed by atoms with E-state index in [9.17, 15) is 17.2 Å². The zero-order valence-corrected chi connectivity index (χ0v) is 21.8. The predicted molar refractivity (Wildman–Crippen MR) is 139 cm³/mol.